The van der Waals surface area contributed by atoms with Gasteiger partial charge in [-0.25, -0.2) is 4.98 Å². The van der Waals surface area contributed by atoms with Gasteiger partial charge >= 0.3 is 0 Å². The Morgan fingerprint density at radius 2 is 2.37 bits per heavy atom. The topological polar surface area (TPSA) is 43.4 Å². The van der Waals surface area contributed by atoms with E-state index in [-0.39, 0.29) is 6.10 Å². The van der Waals surface area contributed by atoms with Crippen molar-refractivity contribution < 1.29 is 9.47 Å². The second-order valence-corrected chi connectivity index (χ2v) is 5.44. The Kier molecular flexibility index (Phi) is 5.61. The lowest BCUT2D eigenvalue weighted by Crippen LogP contribution is -2.20. The van der Waals surface area contributed by atoms with Crippen LogP contribution >= 0.6 is 0 Å². The number of hydrogen-bond donors (Lipinski definition) is 1. The number of hydrogen-bond acceptors (Lipinski definition) is 4. The molecule has 1 saturated heterocycles. The molecule has 0 amide bonds. The predicted molar refractivity (Wildman–Crippen MR) is 75.3 cm³/mol. The summed E-state index contributed by atoms with van der Waals surface area (Å²) >= 11 is 0. The molecule has 1 fully saturated rings. The van der Waals surface area contributed by atoms with E-state index in [9.17, 15) is 0 Å². The maximum atomic E-state index is 5.69. The zero-order chi connectivity index (χ0) is 13.5. The van der Waals surface area contributed by atoms with Gasteiger partial charge in [0.1, 0.15) is 6.61 Å². The summed E-state index contributed by atoms with van der Waals surface area (Å²) < 4.78 is 11.2. The van der Waals surface area contributed by atoms with Gasteiger partial charge in [0.25, 0.3) is 0 Å². The van der Waals surface area contributed by atoms with Crippen LogP contribution < -0.4 is 10.1 Å². The third-order valence-corrected chi connectivity index (χ3v) is 3.08. The summed E-state index contributed by atoms with van der Waals surface area (Å²) in [5.74, 6) is 1.35. The van der Waals surface area contributed by atoms with Crippen molar-refractivity contribution in [3.05, 3.63) is 23.9 Å². The summed E-state index contributed by atoms with van der Waals surface area (Å²) in [4.78, 5) is 4.49. The fourth-order valence-electron chi connectivity index (χ4n) is 2.08. The van der Waals surface area contributed by atoms with Gasteiger partial charge in [0.15, 0.2) is 0 Å². The van der Waals surface area contributed by atoms with Gasteiger partial charge in [-0.15, -0.1) is 0 Å². The predicted octanol–water partition coefficient (Wildman–Crippen LogP) is 2.39. The molecule has 0 spiro atoms. The lowest BCUT2D eigenvalue weighted by molar-refractivity contribution is 0.0662. The minimum Gasteiger partial charge on any atom is -0.475 e. The first-order chi connectivity index (χ1) is 9.24. The molecule has 19 heavy (non-hydrogen) atoms. The maximum Gasteiger partial charge on any atom is 0.213 e. The highest BCUT2D eigenvalue weighted by molar-refractivity contribution is 5.15. The van der Waals surface area contributed by atoms with E-state index in [1.165, 1.54) is 0 Å². The highest BCUT2D eigenvalue weighted by atomic mass is 16.5. The number of aromatic nitrogens is 1. The van der Waals surface area contributed by atoms with Crippen molar-refractivity contribution in [3.63, 3.8) is 0 Å². The zero-order valence-electron chi connectivity index (χ0n) is 11.9. The minimum atomic E-state index is 0.240. The van der Waals surface area contributed by atoms with Crippen LogP contribution in [0.4, 0.5) is 0 Å². The van der Waals surface area contributed by atoms with E-state index in [2.05, 4.69) is 24.1 Å². The molecular formula is C15H24N2O2. The summed E-state index contributed by atoms with van der Waals surface area (Å²) in [5.41, 5.74) is 1.02. The smallest absolute Gasteiger partial charge is 0.213 e. The third kappa shape index (κ3) is 5.17. The number of nitrogens with zero attached hydrogens (tertiary/aromatic N) is 1. The molecule has 4 nitrogen and oxygen atoms in total. The number of ether oxygens (including phenoxy) is 2. The normalized spacial score (nSPS) is 19.0. The molecule has 1 aromatic rings. The highest BCUT2D eigenvalue weighted by Gasteiger charge is 2.16. The third-order valence-electron chi connectivity index (χ3n) is 3.08. The van der Waals surface area contributed by atoms with Crippen LogP contribution in [0, 0.1) is 5.92 Å². The molecule has 1 N–H and O–H groups in total. The first-order valence-electron chi connectivity index (χ1n) is 7.15. The molecule has 0 aromatic carbocycles. The summed E-state index contributed by atoms with van der Waals surface area (Å²) in [6, 6.07) is 5.91. The Balaban J connectivity index is 1.77. The van der Waals surface area contributed by atoms with E-state index < -0.39 is 0 Å². The Labute approximate surface area is 115 Å². The summed E-state index contributed by atoms with van der Waals surface area (Å²) in [6.45, 7) is 7.65. The Morgan fingerprint density at radius 1 is 1.47 bits per heavy atom. The van der Waals surface area contributed by atoms with Crippen LogP contribution in [0.2, 0.25) is 0 Å². The number of nitrogens with one attached hydrogen (secondary N) is 1. The van der Waals surface area contributed by atoms with Crippen molar-refractivity contribution in [2.24, 2.45) is 5.92 Å². The van der Waals surface area contributed by atoms with E-state index in [1.54, 1.807) is 0 Å². The fourth-order valence-corrected chi connectivity index (χ4v) is 2.08. The van der Waals surface area contributed by atoms with Gasteiger partial charge in [0.2, 0.25) is 5.88 Å². The van der Waals surface area contributed by atoms with Crippen molar-refractivity contribution >= 4 is 0 Å². The van der Waals surface area contributed by atoms with Gasteiger partial charge < -0.3 is 14.8 Å². The molecule has 0 radical (unpaired) electrons. The highest BCUT2D eigenvalue weighted by Crippen LogP contribution is 2.14. The molecule has 1 aliphatic heterocycles. The summed E-state index contributed by atoms with van der Waals surface area (Å²) in [7, 11) is 0. The fraction of sp³-hybridized carbons (Fsp3) is 0.667. The lowest BCUT2D eigenvalue weighted by Gasteiger charge is -2.12. The average Bonchev–Trinajstić information content (AvgIpc) is 2.89. The van der Waals surface area contributed by atoms with Gasteiger partial charge in [-0.3, -0.25) is 0 Å². The Hall–Kier alpha value is -1.13. The molecule has 1 atom stereocenters. The standard InChI is InChI=1S/C15H24N2O2/c1-12(2)9-16-10-13-5-3-7-15(17-13)19-11-14-6-4-8-18-14/h3,5,7,12,14,16H,4,6,8-11H2,1-2H3. The largest absolute Gasteiger partial charge is 0.475 e. The van der Waals surface area contributed by atoms with Gasteiger partial charge in [-0.05, 0) is 31.4 Å². The van der Waals surface area contributed by atoms with Crippen molar-refractivity contribution in [2.45, 2.75) is 39.3 Å². The molecule has 0 aliphatic carbocycles. The van der Waals surface area contributed by atoms with Crippen LogP contribution in [0.15, 0.2) is 18.2 Å². The molecular weight excluding hydrogens is 240 g/mol. The molecule has 2 heterocycles. The second kappa shape index (κ2) is 7.46. The van der Waals surface area contributed by atoms with E-state index >= 15 is 0 Å². The Morgan fingerprint density at radius 3 is 3.11 bits per heavy atom. The second-order valence-electron chi connectivity index (χ2n) is 5.44. The average molecular weight is 264 g/mol. The van der Waals surface area contributed by atoms with Crippen LogP contribution in [-0.4, -0.2) is 30.8 Å². The van der Waals surface area contributed by atoms with Crippen molar-refractivity contribution in [1.82, 2.24) is 10.3 Å². The molecule has 2 rings (SSSR count). The monoisotopic (exact) mass is 264 g/mol. The molecule has 1 aliphatic rings. The molecule has 0 bridgehead atoms. The summed E-state index contributed by atoms with van der Waals surface area (Å²) in [6.07, 6.45) is 2.47. The van der Waals surface area contributed by atoms with E-state index in [0.29, 0.717) is 18.4 Å². The molecule has 1 unspecified atom stereocenters. The van der Waals surface area contributed by atoms with Crippen LogP contribution in [-0.2, 0) is 11.3 Å². The first-order valence-corrected chi connectivity index (χ1v) is 7.15. The molecule has 0 saturated carbocycles. The van der Waals surface area contributed by atoms with E-state index in [0.717, 1.165) is 38.2 Å². The van der Waals surface area contributed by atoms with Gasteiger partial charge in [-0.2, -0.15) is 0 Å². The first kappa shape index (κ1) is 14.3. The minimum absolute atomic E-state index is 0.240. The van der Waals surface area contributed by atoms with Crippen LogP contribution in [0.25, 0.3) is 0 Å². The van der Waals surface area contributed by atoms with Crippen molar-refractivity contribution in [1.29, 1.82) is 0 Å². The van der Waals surface area contributed by atoms with Crippen LogP contribution in [0.3, 0.4) is 0 Å². The van der Waals surface area contributed by atoms with Gasteiger partial charge in [0.05, 0.1) is 11.8 Å². The molecule has 106 valence electrons. The van der Waals surface area contributed by atoms with Crippen molar-refractivity contribution in [3.8, 4) is 5.88 Å². The van der Waals surface area contributed by atoms with Crippen LogP contribution in [0.1, 0.15) is 32.4 Å². The maximum absolute atomic E-state index is 5.69. The molecule has 4 heteroatoms. The summed E-state index contributed by atoms with van der Waals surface area (Å²) in [5, 5.41) is 3.38. The lowest BCUT2D eigenvalue weighted by atomic mass is 10.2. The SMILES string of the molecule is CC(C)CNCc1cccc(OCC2CCCO2)n1. The van der Waals surface area contributed by atoms with Gasteiger partial charge in [-0.1, -0.05) is 19.9 Å². The van der Waals surface area contributed by atoms with E-state index in [4.69, 9.17) is 9.47 Å². The van der Waals surface area contributed by atoms with Crippen LogP contribution in [0.5, 0.6) is 5.88 Å². The number of pyridine rings is 1. The molecule has 1 aromatic heterocycles. The van der Waals surface area contributed by atoms with Gasteiger partial charge in [0, 0.05) is 19.2 Å². The number of rotatable bonds is 7. The quantitative estimate of drug-likeness (QED) is 0.821. The Bertz CT molecular complexity index is 376. The van der Waals surface area contributed by atoms with E-state index in [1.807, 2.05) is 18.2 Å². The van der Waals surface area contributed by atoms with Crippen molar-refractivity contribution in [2.75, 3.05) is 19.8 Å². The zero-order valence-corrected chi connectivity index (χ0v) is 11.9.